The number of nitrogens with zero attached hydrogens (tertiary/aromatic N) is 1. The lowest BCUT2D eigenvalue weighted by Gasteiger charge is -2.39. The zero-order valence-corrected chi connectivity index (χ0v) is 12.9. The van der Waals surface area contributed by atoms with Gasteiger partial charge in [-0.1, -0.05) is 25.7 Å². The quantitative estimate of drug-likeness (QED) is 0.831. The van der Waals surface area contributed by atoms with Crippen LogP contribution in [-0.2, 0) is 4.74 Å². The van der Waals surface area contributed by atoms with Crippen LogP contribution in [-0.4, -0.2) is 24.7 Å². The summed E-state index contributed by atoms with van der Waals surface area (Å²) in [5.41, 5.74) is 8.15. The third kappa shape index (κ3) is 2.96. The van der Waals surface area contributed by atoms with Crippen molar-refractivity contribution in [2.24, 2.45) is 0 Å². The fraction of sp³-hybridized carbons (Fsp3) is 0.688. The average molecular weight is 277 g/mol. The highest BCUT2D eigenvalue weighted by atomic mass is 16.5. The molecule has 1 unspecified atom stereocenters. The van der Waals surface area contributed by atoms with Crippen molar-refractivity contribution in [2.45, 2.75) is 57.1 Å². The van der Waals surface area contributed by atoms with Crippen LogP contribution in [0.15, 0.2) is 12.3 Å². The van der Waals surface area contributed by atoms with Gasteiger partial charge in [-0.05, 0) is 38.4 Å². The number of ether oxygens (including phenoxy) is 1. The van der Waals surface area contributed by atoms with E-state index in [1.54, 1.807) is 0 Å². The molecule has 4 heteroatoms. The van der Waals surface area contributed by atoms with E-state index in [1.165, 1.54) is 25.7 Å². The largest absolute Gasteiger partial charge is 0.383 e. The maximum atomic E-state index is 6.12. The fourth-order valence-corrected chi connectivity index (χ4v) is 3.47. The second-order valence-corrected chi connectivity index (χ2v) is 5.89. The van der Waals surface area contributed by atoms with Gasteiger partial charge in [0, 0.05) is 18.9 Å². The maximum absolute atomic E-state index is 6.12. The molecule has 0 bridgehead atoms. The summed E-state index contributed by atoms with van der Waals surface area (Å²) in [5.74, 6) is 0.607. The van der Waals surface area contributed by atoms with Crippen molar-refractivity contribution in [3.63, 3.8) is 0 Å². The Bertz CT molecular complexity index is 439. The second kappa shape index (κ2) is 6.55. The molecule has 0 aromatic carbocycles. The lowest BCUT2D eigenvalue weighted by atomic mass is 9.82. The number of nitrogens with two attached hydrogens (primary N) is 1. The third-order valence-electron chi connectivity index (χ3n) is 4.57. The van der Waals surface area contributed by atoms with Crippen molar-refractivity contribution in [1.82, 2.24) is 10.3 Å². The average Bonchev–Trinajstić information content (AvgIpc) is 2.70. The van der Waals surface area contributed by atoms with E-state index in [-0.39, 0.29) is 11.6 Å². The molecule has 1 aromatic heterocycles. The topological polar surface area (TPSA) is 60.2 Å². The van der Waals surface area contributed by atoms with Crippen molar-refractivity contribution in [3.8, 4) is 0 Å². The van der Waals surface area contributed by atoms with E-state index in [1.807, 2.05) is 20.4 Å². The first-order valence-electron chi connectivity index (χ1n) is 7.57. The number of hydrogen-bond acceptors (Lipinski definition) is 4. The molecule has 3 N–H and O–H groups in total. The summed E-state index contributed by atoms with van der Waals surface area (Å²) < 4.78 is 6.02. The Kier molecular flexibility index (Phi) is 5.00. The summed E-state index contributed by atoms with van der Waals surface area (Å²) in [5, 5.41) is 3.43. The van der Waals surface area contributed by atoms with Gasteiger partial charge in [-0.2, -0.15) is 0 Å². The molecule has 1 fully saturated rings. The van der Waals surface area contributed by atoms with Crippen molar-refractivity contribution in [2.75, 3.05) is 19.9 Å². The minimum absolute atomic E-state index is 0.0954. The van der Waals surface area contributed by atoms with Crippen molar-refractivity contribution >= 4 is 5.82 Å². The first kappa shape index (κ1) is 15.3. The minimum Gasteiger partial charge on any atom is -0.383 e. The van der Waals surface area contributed by atoms with Crippen LogP contribution in [0, 0.1) is 6.92 Å². The van der Waals surface area contributed by atoms with Gasteiger partial charge in [-0.15, -0.1) is 0 Å². The normalized spacial score (nSPS) is 20.4. The number of pyridine rings is 1. The molecule has 0 spiro atoms. The number of aryl methyl sites for hydroxylation is 1. The highest BCUT2D eigenvalue weighted by molar-refractivity contribution is 5.44. The van der Waals surface area contributed by atoms with Gasteiger partial charge >= 0.3 is 0 Å². The Morgan fingerprint density at radius 2 is 1.95 bits per heavy atom. The second-order valence-electron chi connectivity index (χ2n) is 5.89. The predicted molar refractivity (Wildman–Crippen MR) is 82.6 cm³/mol. The Hall–Kier alpha value is -1.13. The number of anilines is 1. The molecule has 0 saturated heterocycles. The molecule has 0 aliphatic heterocycles. The molecular weight excluding hydrogens is 250 g/mol. The lowest BCUT2D eigenvalue weighted by molar-refractivity contribution is -0.0521. The van der Waals surface area contributed by atoms with Crippen LogP contribution >= 0.6 is 0 Å². The van der Waals surface area contributed by atoms with E-state index in [9.17, 15) is 0 Å². The fourth-order valence-electron chi connectivity index (χ4n) is 3.47. The molecule has 4 nitrogen and oxygen atoms in total. The number of hydrogen-bond donors (Lipinski definition) is 2. The molecule has 2 rings (SSSR count). The predicted octanol–water partition coefficient (Wildman–Crippen LogP) is 2.97. The summed E-state index contributed by atoms with van der Waals surface area (Å²) >= 11 is 0. The van der Waals surface area contributed by atoms with E-state index in [2.05, 4.69) is 23.3 Å². The summed E-state index contributed by atoms with van der Waals surface area (Å²) in [6.07, 6.45) is 8.98. The van der Waals surface area contributed by atoms with E-state index in [0.717, 1.165) is 24.0 Å². The summed E-state index contributed by atoms with van der Waals surface area (Å²) in [4.78, 5) is 4.31. The molecule has 1 aliphatic carbocycles. The maximum Gasteiger partial charge on any atom is 0.128 e. The summed E-state index contributed by atoms with van der Waals surface area (Å²) in [6.45, 7) is 2.05. The van der Waals surface area contributed by atoms with Crippen LogP contribution in [0.5, 0.6) is 0 Å². The van der Waals surface area contributed by atoms with Crippen molar-refractivity contribution in [3.05, 3.63) is 23.4 Å². The van der Waals surface area contributed by atoms with Crippen LogP contribution in [0.2, 0.25) is 0 Å². The van der Waals surface area contributed by atoms with Crippen molar-refractivity contribution < 1.29 is 4.74 Å². The van der Waals surface area contributed by atoms with Crippen molar-refractivity contribution in [1.29, 1.82) is 0 Å². The first-order valence-corrected chi connectivity index (χ1v) is 7.57. The van der Waals surface area contributed by atoms with Crippen LogP contribution in [0.4, 0.5) is 5.82 Å². The lowest BCUT2D eigenvalue weighted by Crippen LogP contribution is -2.44. The smallest absolute Gasteiger partial charge is 0.128 e. The molecule has 1 aliphatic rings. The Labute approximate surface area is 122 Å². The number of likely N-dealkylation sites (N-methyl/N-ethyl adjacent to an activating group) is 1. The van der Waals surface area contributed by atoms with Gasteiger partial charge in [-0.25, -0.2) is 4.98 Å². The molecular formula is C16H27N3O. The SMILES string of the molecule is CNC(c1cc(C)cnc1N)C1(OC)CCCCCC1. The van der Waals surface area contributed by atoms with Gasteiger partial charge in [0.05, 0.1) is 11.6 Å². The van der Waals surface area contributed by atoms with Crippen LogP contribution in [0.1, 0.15) is 55.7 Å². The Morgan fingerprint density at radius 1 is 1.30 bits per heavy atom. The van der Waals surface area contributed by atoms with E-state index in [0.29, 0.717) is 5.82 Å². The van der Waals surface area contributed by atoms with Gasteiger partial charge in [0.15, 0.2) is 0 Å². The van der Waals surface area contributed by atoms with E-state index in [4.69, 9.17) is 10.5 Å². The van der Waals surface area contributed by atoms with E-state index >= 15 is 0 Å². The molecule has 1 heterocycles. The number of methoxy groups -OCH3 is 1. The zero-order chi connectivity index (χ0) is 14.6. The summed E-state index contributed by atoms with van der Waals surface area (Å²) in [7, 11) is 3.81. The van der Waals surface area contributed by atoms with Gasteiger partial charge < -0.3 is 15.8 Å². The highest BCUT2D eigenvalue weighted by Crippen LogP contribution is 2.41. The molecule has 0 amide bonds. The molecule has 112 valence electrons. The molecule has 1 saturated carbocycles. The standard InChI is InChI=1S/C16H27N3O/c1-12-10-13(15(17)19-11-12)14(18-2)16(20-3)8-6-4-5-7-9-16/h10-11,14,18H,4-9H2,1-3H3,(H2,17,19). The molecule has 1 aromatic rings. The minimum atomic E-state index is -0.172. The molecule has 1 atom stereocenters. The molecule has 20 heavy (non-hydrogen) atoms. The third-order valence-corrected chi connectivity index (χ3v) is 4.57. The number of nitrogen functional groups attached to an aromatic ring is 1. The van der Waals surface area contributed by atoms with Crippen LogP contribution < -0.4 is 11.1 Å². The number of rotatable bonds is 4. The van der Waals surface area contributed by atoms with Gasteiger partial charge in [-0.3, -0.25) is 0 Å². The van der Waals surface area contributed by atoms with Gasteiger partial charge in [0.25, 0.3) is 0 Å². The number of aromatic nitrogens is 1. The van der Waals surface area contributed by atoms with Gasteiger partial charge in [0.2, 0.25) is 0 Å². The zero-order valence-electron chi connectivity index (χ0n) is 12.9. The first-order chi connectivity index (χ1) is 9.63. The number of nitrogens with one attached hydrogen (secondary N) is 1. The Balaban J connectivity index is 2.40. The Morgan fingerprint density at radius 3 is 2.50 bits per heavy atom. The summed E-state index contributed by atoms with van der Waals surface area (Å²) in [6, 6.07) is 2.23. The highest BCUT2D eigenvalue weighted by Gasteiger charge is 2.40. The monoisotopic (exact) mass is 277 g/mol. The van der Waals surface area contributed by atoms with Gasteiger partial charge in [0.1, 0.15) is 5.82 Å². The van der Waals surface area contributed by atoms with Crippen LogP contribution in [0.25, 0.3) is 0 Å². The molecule has 0 radical (unpaired) electrons. The van der Waals surface area contributed by atoms with Crippen LogP contribution in [0.3, 0.4) is 0 Å². The van der Waals surface area contributed by atoms with E-state index < -0.39 is 0 Å².